The van der Waals surface area contributed by atoms with E-state index in [0.717, 1.165) is 0 Å². The molecule has 0 aliphatic rings. The fraction of sp³-hybridized carbons (Fsp3) is 0.462. The number of primary amides is 1. The first-order valence-corrected chi connectivity index (χ1v) is 6.27. The summed E-state index contributed by atoms with van der Waals surface area (Å²) in [5, 5.41) is 6.80. The third-order valence-electron chi connectivity index (χ3n) is 2.28. The number of carbonyl (C=O) groups is 2. The smallest absolute Gasteiger partial charge is 0.404 e. The maximum absolute atomic E-state index is 12.7. The Hall–Kier alpha value is -2.38. The first kappa shape index (κ1) is 16.7. The van der Waals surface area contributed by atoms with Crippen LogP contribution in [0.3, 0.4) is 0 Å². The summed E-state index contributed by atoms with van der Waals surface area (Å²) in [4.78, 5) is 22.4. The number of nitrogens with zero attached hydrogens (tertiary/aromatic N) is 2. The van der Waals surface area contributed by atoms with Crippen LogP contribution < -0.4 is 11.1 Å². The number of nitrogens with two attached hydrogens (primary N) is 1. The molecule has 1 aromatic rings. The first-order valence-electron chi connectivity index (χ1n) is 6.27. The van der Waals surface area contributed by atoms with E-state index in [9.17, 15) is 14.0 Å². The van der Waals surface area contributed by atoms with Crippen LogP contribution in [0, 0.1) is 0 Å². The van der Waals surface area contributed by atoms with Crippen molar-refractivity contribution in [2.75, 3.05) is 6.61 Å². The molecule has 0 bridgehead atoms. The van der Waals surface area contributed by atoms with Crippen LogP contribution in [-0.4, -0.2) is 33.9 Å². The van der Waals surface area contributed by atoms with E-state index in [1.54, 1.807) is 0 Å². The molecule has 0 aliphatic heterocycles. The minimum atomic E-state index is -0.986. The van der Waals surface area contributed by atoms with Crippen LogP contribution in [0.1, 0.15) is 31.3 Å². The molecule has 0 aromatic carbocycles. The van der Waals surface area contributed by atoms with E-state index >= 15 is 0 Å². The number of amides is 2. The van der Waals surface area contributed by atoms with Crippen molar-refractivity contribution >= 4 is 12.0 Å². The molecule has 0 saturated heterocycles. The summed E-state index contributed by atoms with van der Waals surface area (Å²) in [6.07, 6.45) is 0.866. The van der Waals surface area contributed by atoms with Gasteiger partial charge in [-0.2, -0.15) is 5.10 Å². The average molecular weight is 298 g/mol. The summed E-state index contributed by atoms with van der Waals surface area (Å²) >= 11 is 0. The zero-order valence-corrected chi connectivity index (χ0v) is 12.2. The molecule has 0 saturated carbocycles. The van der Waals surface area contributed by atoms with Crippen LogP contribution in [0.15, 0.2) is 24.2 Å². The molecule has 7 nitrogen and oxygen atoms in total. The highest BCUT2D eigenvalue weighted by Crippen LogP contribution is 2.05. The average Bonchev–Trinajstić information content (AvgIpc) is 2.80. The van der Waals surface area contributed by atoms with Crippen LogP contribution >= 0.6 is 0 Å². The Morgan fingerprint density at radius 3 is 2.71 bits per heavy atom. The largest absolute Gasteiger partial charge is 0.445 e. The number of ether oxygens (including phenoxy) is 1. The number of aromatic nitrogens is 2. The van der Waals surface area contributed by atoms with Crippen molar-refractivity contribution in [3.05, 3.63) is 29.9 Å². The second-order valence-corrected chi connectivity index (χ2v) is 5.48. The lowest BCUT2D eigenvalue weighted by Gasteiger charge is -2.19. The van der Waals surface area contributed by atoms with E-state index in [4.69, 9.17) is 5.73 Å². The highest BCUT2D eigenvalue weighted by molar-refractivity contribution is 5.92. The summed E-state index contributed by atoms with van der Waals surface area (Å²) in [5.41, 5.74) is 4.82. The third-order valence-corrected chi connectivity index (χ3v) is 2.28. The van der Waals surface area contributed by atoms with Gasteiger partial charge in [-0.3, -0.25) is 9.48 Å². The molecule has 1 rings (SSSR count). The summed E-state index contributed by atoms with van der Waals surface area (Å²) in [6.45, 7) is 5.34. The number of rotatable bonds is 5. The standard InChI is InChI=1S/C13H19FN4O3/c1-13(2,3)16-11(19)10-4-5-18(17-10)7-9(6-14)8-21-12(15)20/h4-6H,7-8H2,1-3H3,(H2,15,20)(H,16,19). The fourth-order valence-corrected chi connectivity index (χ4v) is 1.46. The van der Waals surface area contributed by atoms with Crippen molar-refractivity contribution in [1.29, 1.82) is 0 Å². The number of hydrogen-bond donors (Lipinski definition) is 2. The van der Waals surface area contributed by atoms with Crippen molar-refractivity contribution in [3.63, 3.8) is 0 Å². The predicted octanol–water partition coefficient (Wildman–Crippen LogP) is 1.36. The Morgan fingerprint density at radius 1 is 1.52 bits per heavy atom. The van der Waals surface area contributed by atoms with Crippen molar-refractivity contribution < 1.29 is 18.7 Å². The molecule has 3 N–H and O–H groups in total. The monoisotopic (exact) mass is 298 g/mol. The lowest BCUT2D eigenvalue weighted by molar-refractivity contribution is 0.0913. The van der Waals surface area contributed by atoms with Crippen LogP contribution in [0.4, 0.5) is 9.18 Å². The number of carbonyl (C=O) groups excluding carboxylic acids is 2. The summed E-state index contributed by atoms with van der Waals surface area (Å²) in [7, 11) is 0. The lowest BCUT2D eigenvalue weighted by atomic mass is 10.1. The zero-order valence-electron chi connectivity index (χ0n) is 12.2. The van der Waals surface area contributed by atoms with E-state index in [-0.39, 0.29) is 35.9 Å². The number of nitrogens with one attached hydrogen (secondary N) is 1. The Balaban J connectivity index is 2.66. The van der Waals surface area contributed by atoms with Crippen molar-refractivity contribution in [2.24, 2.45) is 5.73 Å². The molecule has 0 aliphatic carbocycles. The van der Waals surface area contributed by atoms with Gasteiger partial charge in [-0.1, -0.05) is 0 Å². The van der Waals surface area contributed by atoms with E-state index in [1.807, 2.05) is 20.8 Å². The molecule has 0 unspecified atom stereocenters. The van der Waals surface area contributed by atoms with Crippen LogP contribution in [0.5, 0.6) is 0 Å². The van der Waals surface area contributed by atoms with Crippen molar-refractivity contribution in [1.82, 2.24) is 15.1 Å². The molecule has 0 radical (unpaired) electrons. The van der Waals surface area contributed by atoms with Gasteiger partial charge < -0.3 is 15.8 Å². The number of halogens is 1. The van der Waals surface area contributed by atoms with Gasteiger partial charge in [0.1, 0.15) is 12.3 Å². The third kappa shape index (κ3) is 6.07. The van der Waals surface area contributed by atoms with Gasteiger partial charge in [0.15, 0.2) is 0 Å². The molecule has 0 atom stereocenters. The Kier molecular flexibility index (Phi) is 5.45. The molecular weight excluding hydrogens is 279 g/mol. The van der Waals surface area contributed by atoms with E-state index in [1.165, 1.54) is 16.9 Å². The molecular formula is C13H19FN4O3. The summed E-state index contributed by atoms with van der Waals surface area (Å²) in [5.74, 6) is -0.319. The van der Waals surface area contributed by atoms with Gasteiger partial charge in [-0.15, -0.1) is 0 Å². The van der Waals surface area contributed by atoms with Crippen LogP contribution in [0.2, 0.25) is 0 Å². The summed E-state index contributed by atoms with van der Waals surface area (Å²) in [6, 6.07) is 1.52. The highest BCUT2D eigenvalue weighted by Gasteiger charge is 2.17. The molecule has 8 heteroatoms. The SMILES string of the molecule is CC(C)(C)NC(=O)c1ccn(CC(=CF)COC(N)=O)n1. The minimum absolute atomic E-state index is 0.0482. The second kappa shape index (κ2) is 6.87. The van der Waals surface area contributed by atoms with Gasteiger partial charge >= 0.3 is 6.09 Å². The normalized spacial score (nSPS) is 12.1. The predicted molar refractivity (Wildman–Crippen MR) is 74.2 cm³/mol. The van der Waals surface area contributed by atoms with Crippen molar-refractivity contribution in [2.45, 2.75) is 32.9 Å². The van der Waals surface area contributed by atoms with Gasteiger partial charge in [-0.05, 0) is 26.8 Å². The fourth-order valence-electron chi connectivity index (χ4n) is 1.46. The molecule has 21 heavy (non-hydrogen) atoms. The van der Waals surface area contributed by atoms with Gasteiger partial charge in [0, 0.05) is 17.3 Å². The molecule has 1 heterocycles. The van der Waals surface area contributed by atoms with Crippen molar-refractivity contribution in [3.8, 4) is 0 Å². The van der Waals surface area contributed by atoms with E-state index in [0.29, 0.717) is 6.33 Å². The topological polar surface area (TPSA) is 99.2 Å². The molecule has 1 aromatic heterocycles. The Labute approximate surface area is 121 Å². The lowest BCUT2D eigenvalue weighted by Crippen LogP contribution is -2.40. The maximum atomic E-state index is 12.7. The quantitative estimate of drug-likeness (QED) is 0.857. The first-order chi connectivity index (χ1) is 9.71. The van der Waals surface area contributed by atoms with Gasteiger partial charge in [0.2, 0.25) is 0 Å². The Morgan fingerprint density at radius 2 is 2.19 bits per heavy atom. The van der Waals surface area contributed by atoms with Gasteiger partial charge in [-0.25, -0.2) is 9.18 Å². The molecule has 0 fully saturated rings. The maximum Gasteiger partial charge on any atom is 0.404 e. The number of hydrogen-bond acceptors (Lipinski definition) is 4. The van der Waals surface area contributed by atoms with E-state index < -0.39 is 6.09 Å². The van der Waals surface area contributed by atoms with E-state index in [2.05, 4.69) is 15.2 Å². The summed E-state index contributed by atoms with van der Waals surface area (Å²) < 4.78 is 18.5. The van der Waals surface area contributed by atoms with Crippen LogP contribution in [0.25, 0.3) is 0 Å². The molecule has 0 spiro atoms. The molecule has 2 amide bonds. The second-order valence-electron chi connectivity index (χ2n) is 5.48. The molecule has 116 valence electrons. The van der Waals surface area contributed by atoms with Gasteiger partial charge in [0.25, 0.3) is 5.91 Å². The van der Waals surface area contributed by atoms with Gasteiger partial charge in [0.05, 0.1) is 12.9 Å². The van der Waals surface area contributed by atoms with Crippen LogP contribution in [-0.2, 0) is 11.3 Å². The zero-order chi connectivity index (χ0) is 16.0. The highest BCUT2D eigenvalue weighted by atomic mass is 19.1. The minimum Gasteiger partial charge on any atom is -0.445 e. The Bertz CT molecular complexity index is 546.